The first-order chi connectivity index (χ1) is 4.13. The first-order valence-electron chi connectivity index (χ1n) is 3.57. The summed E-state index contributed by atoms with van der Waals surface area (Å²) in [6, 6.07) is 0. The molecule has 9 heavy (non-hydrogen) atoms. The summed E-state index contributed by atoms with van der Waals surface area (Å²) in [5.41, 5.74) is 0. The summed E-state index contributed by atoms with van der Waals surface area (Å²) in [4.78, 5) is 1.09. The summed E-state index contributed by atoms with van der Waals surface area (Å²) in [7, 11) is -0.890. The molecule has 0 spiro atoms. The summed E-state index contributed by atoms with van der Waals surface area (Å²) >= 11 is 2.77. The van der Waals surface area contributed by atoms with E-state index in [0.29, 0.717) is 0 Å². The zero-order valence-electron chi connectivity index (χ0n) is 6.19. The Morgan fingerprint density at radius 1 is 1.44 bits per heavy atom. The first-order valence-corrected chi connectivity index (χ1v) is 12.7. The molecule has 0 nitrogen and oxygen atoms in total. The van der Waals surface area contributed by atoms with E-state index < -0.39 is 9.60 Å². The molecule has 2 unspecified atom stereocenters. The van der Waals surface area contributed by atoms with E-state index in [9.17, 15) is 0 Å². The Morgan fingerprint density at radius 2 is 2.11 bits per heavy atom. The molecule has 0 radical (unpaired) electrons. The van der Waals surface area contributed by atoms with Gasteiger partial charge in [0.1, 0.15) is 0 Å². The van der Waals surface area contributed by atoms with Gasteiger partial charge < -0.3 is 0 Å². The van der Waals surface area contributed by atoms with Crippen molar-refractivity contribution >= 4 is 29.9 Å². The molecule has 1 rings (SSSR count). The van der Waals surface area contributed by atoms with Crippen LogP contribution in [0.15, 0.2) is 0 Å². The second-order valence-electron chi connectivity index (χ2n) is 3.05. The molecule has 0 bridgehead atoms. The second-order valence-corrected chi connectivity index (χ2v) is 20.4. The third-order valence-corrected chi connectivity index (χ3v) is 15.3. The van der Waals surface area contributed by atoms with Crippen molar-refractivity contribution in [2.75, 3.05) is 0 Å². The van der Waals surface area contributed by atoms with Crippen molar-refractivity contribution in [3.63, 3.8) is 0 Å². The van der Waals surface area contributed by atoms with Gasteiger partial charge in [-0.05, 0) is 0 Å². The summed E-state index contributed by atoms with van der Waals surface area (Å²) in [6.07, 6.45) is 4.53. The van der Waals surface area contributed by atoms with Crippen molar-refractivity contribution in [2.24, 2.45) is 0 Å². The molecule has 0 aromatic carbocycles. The Morgan fingerprint density at radius 3 is 2.44 bits per heavy atom. The van der Waals surface area contributed by atoms with Gasteiger partial charge in [-0.15, -0.1) is 0 Å². The molecule has 1 fully saturated rings. The van der Waals surface area contributed by atoms with Gasteiger partial charge in [0.25, 0.3) is 0 Å². The third-order valence-electron chi connectivity index (χ3n) is 2.24. The van der Waals surface area contributed by atoms with Gasteiger partial charge in [-0.1, -0.05) is 0 Å². The van der Waals surface area contributed by atoms with Crippen LogP contribution in [0.2, 0.25) is 16.0 Å². The fourth-order valence-corrected chi connectivity index (χ4v) is 8.04. The van der Waals surface area contributed by atoms with Crippen molar-refractivity contribution in [1.82, 2.24) is 0 Å². The van der Waals surface area contributed by atoms with Crippen LogP contribution in [0.3, 0.4) is 0 Å². The minimum atomic E-state index is -0.890. The van der Waals surface area contributed by atoms with Crippen LogP contribution in [-0.2, 0) is 0 Å². The van der Waals surface area contributed by atoms with E-state index in [1.807, 2.05) is 0 Å². The van der Waals surface area contributed by atoms with E-state index in [0.717, 1.165) is 4.82 Å². The molecule has 1 aliphatic heterocycles. The van der Waals surface area contributed by atoms with Crippen LogP contribution < -0.4 is 0 Å². The number of hydrogen-bond acceptors (Lipinski definition) is 0. The molecule has 0 saturated carbocycles. The van der Waals surface area contributed by atoms with Crippen LogP contribution >= 0.6 is 20.3 Å². The zero-order chi connectivity index (χ0) is 6.91. The van der Waals surface area contributed by atoms with Crippen molar-refractivity contribution in [1.29, 1.82) is 0 Å². The molecule has 0 aliphatic carbocycles. The van der Waals surface area contributed by atoms with E-state index in [1.165, 1.54) is 19.3 Å². The van der Waals surface area contributed by atoms with Crippen LogP contribution in [0.5, 0.6) is 0 Å². The van der Waals surface area contributed by atoms with Gasteiger partial charge in [-0.2, -0.15) is 0 Å². The third kappa shape index (κ3) is 2.09. The van der Waals surface area contributed by atoms with Gasteiger partial charge in [0, 0.05) is 0 Å². The summed E-state index contributed by atoms with van der Waals surface area (Å²) in [5.74, 6) is 2.54. The summed E-state index contributed by atoms with van der Waals surface area (Å²) < 4.78 is 0. The Bertz CT molecular complexity index is 101. The number of hydrogen-bond donors (Lipinski definition) is 0. The van der Waals surface area contributed by atoms with Crippen LogP contribution in [0, 0.1) is 0 Å². The molecule has 1 heterocycles. The maximum atomic E-state index is 2.77. The second kappa shape index (κ2) is 3.10. The molecule has 0 aromatic heterocycles. The van der Waals surface area contributed by atoms with Gasteiger partial charge >= 0.3 is 72.1 Å². The monoisotopic (exact) mass is 306 g/mol. The Balaban J connectivity index is 2.49. The van der Waals surface area contributed by atoms with E-state index >= 15 is 0 Å². The average Bonchev–Trinajstić information content (AvgIpc) is 1.77. The first kappa shape index (κ1) is 8.35. The van der Waals surface area contributed by atoms with Gasteiger partial charge in [-0.25, -0.2) is 0 Å². The molecule has 0 amide bonds. The van der Waals surface area contributed by atoms with Crippen molar-refractivity contribution in [3.05, 3.63) is 0 Å². The van der Waals surface area contributed by atoms with Gasteiger partial charge in [0.2, 0.25) is 0 Å². The minimum absolute atomic E-state index is 0.890. The summed E-state index contributed by atoms with van der Waals surface area (Å²) in [5, 5.41) is 1.58. The van der Waals surface area contributed by atoms with Gasteiger partial charge in [-0.3, -0.25) is 0 Å². The molecule has 1 aliphatic rings. The molecule has 56 valence electrons. The summed E-state index contributed by atoms with van der Waals surface area (Å²) in [6.45, 7) is 2.45. The number of halogens is 1. The molecule has 0 N–H and O–H groups in total. The van der Waals surface area contributed by atoms with Crippen LogP contribution in [0.1, 0.15) is 26.2 Å². The van der Waals surface area contributed by atoms with Crippen LogP contribution in [0.25, 0.3) is 0 Å². The van der Waals surface area contributed by atoms with Crippen molar-refractivity contribution in [2.45, 2.75) is 42.1 Å². The normalized spacial score (nSPS) is 52.1. The Kier molecular flexibility index (Phi) is 2.88. The fraction of sp³-hybridized carbons (Fsp3) is 1.00. The van der Waals surface area contributed by atoms with Crippen LogP contribution in [0.4, 0.5) is 0 Å². The predicted octanol–water partition coefficient (Wildman–Crippen LogP) is 3.57. The fourth-order valence-electron chi connectivity index (χ4n) is 1.26. The van der Waals surface area contributed by atoms with E-state index in [1.54, 1.807) is 5.32 Å². The predicted molar refractivity (Wildman–Crippen MR) is 53.7 cm³/mol. The molecular weight excluding hydrogens is 290 g/mol. The standard InChI is InChI=1S/C7H15ISe/c1-7-5-3-4-6-9(7,2)8/h7H,3-6H2,1-2H3. The topological polar surface area (TPSA) is 0 Å². The molecular formula is C7H15ISe. The Labute approximate surface area is 71.8 Å². The Hall–Kier alpha value is 1.25. The molecule has 1 saturated heterocycles. The zero-order valence-corrected chi connectivity index (χ0v) is 10.1. The molecule has 2 atom stereocenters. The van der Waals surface area contributed by atoms with E-state index in [4.69, 9.17) is 0 Å². The van der Waals surface area contributed by atoms with Gasteiger partial charge in [0.15, 0.2) is 0 Å². The average molecular weight is 305 g/mol. The van der Waals surface area contributed by atoms with Crippen LogP contribution in [-0.4, -0.2) is 9.60 Å². The van der Waals surface area contributed by atoms with Crippen molar-refractivity contribution in [3.8, 4) is 0 Å². The van der Waals surface area contributed by atoms with Crippen molar-refractivity contribution < 1.29 is 0 Å². The van der Waals surface area contributed by atoms with E-state index in [-0.39, 0.29) is 0 Å². The van der Waals surface area contributed by atoms with Gasteiger partial charge in [0.05, 0.1) is 0 Å². The quantitative estimate of drug-likeness (QED) is 0.474. The van der Waals surface area contributed by atoms with E-state index in [2.05, 4.69) is 33.1 Å². The number of rotatable bonds is 0. The molecule has 0 aromatic rings. The maximum absolute atomic E-state index is 2.77. The SMILES string of the molecule is CC1CCCC[Se]1(C)I. The molecule has 2 heteroatoms.